The van der Waals surface area contributed by atoms with Crippen LogP contribution in [0.3, 0.4) is 0 Å². The molecule has 0 aliphatic heterocycles. The minimum atomic E-state index is -0.676. The molecular formula is C25H27NO4. The van der Waals surface area contributed by atoms with E-state index < -0.39 is 17.5 Å². The average Bonchev–Trinajstić information content (AvgIpc) is 3.23. The van der Waals surface area contributed by atoms with E-state index in [1.165, 1.54) is 22.3 Å². The summed E-state index contributed by atoms with van der Waals surface area (Å²) < 4.78 is 5.64. The Morgan fingerprint density at radius 1 is 0.967 bits per heavy atom. The Balaban J connectivity index is 1.22. The van der Waals surface area contributed by atoms with Crippen molar-refractivity contribution >= 4 is 12.1 Å². The smallest absolute Gasteiger partial charge is 0.407 e. The number of alkyl carbamates (subject to hydrolysis) is 1. The zero-order chi connectivity index (χ0) is 20.8. The summed E-state index contributed by atoms with van der Waals surface area (Å²) >= 11 is 0. The summed E-state index contributed by atoms with van der Waals surface area (Å²) in [5.74, 6) is -0.632. The molecule has 30 heavy (non-hydrogen) atoms. The summed E-state index contributed by atoms with van der Waals surface area (Å²) in [6.45, 7) is 0.796. The van der Waals surface area contributed by atoms with Crippen LogP contribution in [0, 0.1) is 10.8 Å². The van der Waals surface area contributed by atoms with E-state index in [-0.39, 0.29) is 11.3 Å². The molecule has 3 aliphatic carbocycles. The molecule has 5 rings (SSSR count). The number of carboxylic acid groups (broad SMARTS) is 1. The Hall–Kier alpha value is -2.82. The minimum Gasteiger partial charge on any atom is -0.481 e. The fraction of sp³-hybridized carbons (Fsp3) is 0.440. The van der Waals surface area contributed by atoms with E-state index in [4.69, 9.17) is 4.74 Å². The van der Waals surface area contributed by atoms with Gasteiger partial charge in [0, 0.05) is 12.5 Å². The summed E-state index contributed by atoms with van der Waals surface area (Å²) in [6.07, 6.45) is 4.49. The van der Waals surface area contributed by atoms with Gasteiger partial charge in [-0.2, -0.15) is 0 Å². The van der Waals surface area contributed by atoms with E-state index in [2.05, 4.69) is 29.6 Å². The van der Waals surface area contributed by atoms with Crippen molar-refractivity contribution in [3.05, 3.63) is 59.7 Å². The molecule has 5 heteroatoms. The molecule has 0 heterocycles. The van der Waals surface area contributed by atoms with Crippen LogP contribution in [0.1, 0.15) is 55.6 Å². The number of benzene rings is 2. The fourth-order valence-electron chi connectivity index (χ4n) is 6.07. The molecule has 1 amide bonds. The van der Waals surface area contributed by atoms with E-state index in [9.17, 15) is 14.7 Å². The Bertz CT molecular complexity index is 957. The third-order valence-corrected chi connectivity index (χ3v) is 7.61. The molecule has 2 unspecified atom stereocenters. The number of carbonyl (C=O) groups is 2. The first-order chi connectivity index (χ1) is 14.5. The van der Waals surface area contributed by atoms with Gasteiger partial charge in [0.1, 0.15) is 6.61 Å². The predicted molar refractivity (Wildman–Crippen MR) is 113 cm³/mol. The monoisotopic (exact) mass is 405 g/mol. The molecule has 0 spiro atoms. The van der Waals surface area contributed by atoms with Crippen molar-refractivity contribution < 1.29 is 19.4 Å². The second-order valence-electron chi connectivity index (χ2n) is 9.29. The number of hydrogen-bond acceptors (Lipinski definition) is 3. The Labute approximate surface area is 176 Å². The largest absolute Gasteiger partial charge is 0.481 e. The van der Waals surface area contributed by atoms with Gasteiger partial charge < -0.3 is 15.2 Å². The lowest BCUT2D eigenvalue weighted by atomic mass is 9.69. The molecule has 156 valence electrons. The van der Waals surface area contributed by atoms with Crippen LogP contribution in [0.2, 0.25) is 0 Å². The number of amides is 1. The fourth-order valence-corrected chi connectivity index (χ4v) is 6.07. The zero-order valence-electron chi connectivity index (χ0n) is 17.0. The normalized spacial score (nSPS) is 26.7. The standard InChI is InChI=1S/C25H27NO4/c27-22(28)25-11-5-10-24(15-25,12-13-25)16-26-23(29)30-14-21-19-8-3-1-6-17(19)18-7-2-4-9-20(18)21/h1-4,6-9,21H,5,10-16H2,(H,26,29)(H,27,28). The van der Waals surface area contributed by atoms with E-state index in [1.54, 1.807) is 0 Å². The maximum absolute atomic E-state index is 12.5. The Kier molecular flexibility index (Phi) is 4.57. The molecule has 2 aromatic carbocycles. The summed E-state index contributed by atoms with van der Waals surface area (Å²) in [7, 11) is 0. The van der Waals surface area contributed by atoms with Crippen molar-refractivity contribution in [1.82, 2.24) is 5.32 Å². The van der Waals surface area contributed by atoms with Gasteiger partial charge in [-0.1, -0.05) is 55.0 Å². The maximum Gasteiger partial charge on any atom is 0.407 e. The maximum atomic E-state index is 12.5. The molecular weight excluding hydrogens is 378 g/mol. The summed E-state index contributed by atoms with van der Waals surface area (Å²) in [4.78, 5) is 24.3. The van der Waals surface area contributed by atoms with Gasteiger partial charge in [0.05, 0.1) is 5.41 Å². The van der Waals surface area contributed by atoms with Crippen LogP contribution >= 0.6 is 0 Å². The SMILES string of the molecule is O=C(NCC12CCCC(C(=O)O)(CC1)C2)OCC1c2ccccc2-c2ccccc21. The second kappa shape index (κ2) is 7.15. The summed E-state index contributed by atoms with van der Waals surface area (Å²) in [5.41, 5.74) is 4.13. The van der Waals surface area contributed by atoms with Crippen molar-refractivity contribution in [2.45, 2.75) is 44.4 Å². The van der Waals surface area contributed by atoms with E-state index in [0.717, 1.165) is 25.7 Å². The van der Waals surface area contributed by atoms with Gasteiger partial charge in [-0.3, -0.25) is 4.79 Å². The molecule has 2 saturated carbocycles. The van der Waals surface area contributed by atoms with Crippen molar-refractivity contribution in [2.75, 3.05) is 13.2 Å². The van der Waals surface area contributed by atoms with Crippen molar-refractivity contribution in [1.29, 1.82) is 0 Å². The third kappa shape index (κ3) is 3.08. The highest BCUT2D eigenvalue weighted by molar-refractivity contribution is 5.79. The van der Waals surface area contributed by atoms with E-state index in [0.29, 0.717) is 26.0 Å². The number of rotatable bonds is 5. The molecule has 2 fully saturated rings. The number of ether oxygens (including phenoxy) is 1. The van der Waals surface area contributed by atoms with Crippen LogP contribution in [0.4, 0.5) is 4.79 Å². The number of fused-ring (bicyclic) bond motifs is 5. The first kappa shape index (κ1) is 19.2. The molecule has 0 aromatic heterocycles. The summed E-state index contributed by atoms with van der Waals surface area (Å²) in [6, 6.07) is 16.6. The lowest BCUT2D eigenvalue weighted by Gasteiger charge is -2.37. The number of carboxylic acids is 1. The molecule has 2 atom stereocenters. The van der Waals surface area contributed by atoms with Gasteiger partial charge in [-0.15, -0.1) is 0 Å². The second-order valence-corrected chi connectivity index (χ2v) is 9.29. The van der Waals surface area contributed by atoms with Crippen LogP contribution in [0.15, 0.2) is 48.5 Å². The topological polar surface area (TPSA) is 75.6 Å². The first-order valence-corrected chi connectivity index (χ1v) is 10.8. The van der Waals surface area contributed by atoms with Crippen molar-refractivity contribution in [2.24, 2.45) is 10.8 Å². The number of aliphatic carboxylic acids is 1. The van der Waals surface area contributed by atoms with Gasteiger partial charge in [-0.05, 0) is 59.8 Å². The predicted octanol–water partition coefficient (Wildman–Crippen LogP) is 4.95. The Morgan fingerprint density at radius 2 is 1.63 bits per heavy atom. The Morgan fingerprint density at radius 3 is 2.30 bits per heavy atom. The van der Waals surface area contributed by atoms with Crippen LogP contribution in [0.5, 0.6) is 0 Å². The highest BCUT2D eigenvalue weighted by atomic mass is 16.5. The number of nitrogens with one attached hydrogen (secondary N) is 1. The van der Waals surface area contributed by atoms with Gasteiger partial charge in [0.2, 0.25) is 0 Å². The van der Waals surface area contributed by atoms with Crippen LogP contribution in [-0.2, 0) is 9.53 Å². The van der Waals surface area contributed by atoms with E-state index in [1.807, 2.05) is 24.3 Å². The van der Waals surface area contributed by atoms with Crippen LogP contribution < -0.4 is 5.32 Å². The number of carbonyl (C=O) groups excluding carboxylic acids is 1. The van der Waals surface area contributed by atoms with Crippen molar-refractivity contribution in [3.63, 3.8) is 0 Å². The third-order valence-electron chi connectivity index (χ3n) is 7.61. The van der Waals surface area contributed by atoms with Crippen LogP contribution in [0.25, 0.3) is 11.1 Å². The molecule has 0 radical (unpaired) electrons. The zero-order valence-corrected chi connectivity index (χ0v) is 17.0. The van der Waals surface area contributed by atoms with Crippen LogP contribution in [-0.4, -0.2) is 30.3 Å². The highest BCUT2D eigenvalue weighted by Gasteiger charge is 2.55. The van der Waals surface area contributed by atoms with E-state index >= 15 is 0 Å². The van der Waals surface area contributed by atoms with Gasteiger partial charge in [-0.25, -0.2) is 4.79 Å². The molecule has 3 aliphatic rings. The molecule has 5 nitrogen and oxygen atoms in total. The number of hydrogen-bond donors (Lipinski definition) is 2. The first-order valence-electron chi connectivity index (χ1n) is 10.8. The lowest BCUT2D eigenvalue weighted by Crippen LogP contribution is -2.41. The molecule has 2 aromatic rings. The minimum absolute atomic E-state index is 0.0436. The van der Waals surface area contributed by atoms with Gasteiger partial charge in [0.25, 0.3) is 0 Å². The highest BCUT2D eigenvalue weighted by Crippen LogP contribution is 2.58. The van der Waals surface area contributed by atoms with Crippen molar-refractivity contribution in [3.8, 4) is 11.1 Å². The molecule has 2 bridgehead atoms. The molecule has 2 N–H and O–H groups in total. The lowest BCUT2D eigenvalue weighted by molar-refractivity contribution is -0.150. The quantitative estimate of drug-likeness (QED) is 0.738. The molecule has 0 saturated heterocycles. The van der Waals surface area contributed by atoms with Gasteiger partial charge in [0.15, 0.2) is 0 Å². The summed E-state index contributed by atoms with van der Waals surface area (Å²) in [5, 5.41) is 12.6. The average molecular weight is 405 g/mol. The van der Waals surface area contributed by atoms with Gasteiger partial charge >= 0.3 is 12.1 Å².